The van der Waals surface area contributed by atoms with Crippen molar-refractivity contribution in [3.63, 3.8) is 0 Å². The molecule has 272 valence electrons. The largest absolute Gasteiger partial charge is 0.472 e. The number of rotatable bonds is 15. The smallest absolute Gasteiger partial charge is 0.337 e. The van der Waals surface area contributed by atoms with Gasteiger partial charge < -0.3 is 63.4 Å². The third-order valence-electron chi connectivity index (χ3n) is 9.62. The van der Waals surface area contributed by atoms with Crippen LogP contribution in [0.1, 0.15) is 46.5 Å². The SMILES string of the molecule is C=C[C@H]1[C@H](O[C@@H]2O[C@H](CO)[C@@H](O)[C@H](O)[C@H]2O)OC=C(C(=O)O[C@H]2C[C@@H]3C(C(=O)OC)=CO[C@@H](O)[C@@H]3[C@H]2C)[C@H]1CC(OCC)OCCCC. The fraction of sp³-hybridized carbons (Fsp3) is 0.758. The fourth-order valence-corrected chi connectivity index (χ4v) is 6.87. The highest BCUT2D eigenvalue weighted by atomic mass is 16.8. The van der Waals surface area contributed by atoms with Gasteiger partial charge in [0, 0.05) is 49.2 Å². The van der Waals surface area contributed by atoms with Crippen molar-refractivity contribution >= 4 is 11.9 Å². The minimum absolute atomic E-state index is 0.125. The molecule has 1 saturated carbocycles. The molecule has 4 aliphatic rings. The lowest BCUT2D eigenvalue weighted by atomic mass is 9.81. The zero-order valence-corrected chi connectivity index (χ0v) is 27.8. The van der Waals surface area contributed by atoms with E-state index in [9.17, 15) is 35.1 Å². The average Bonchev–Trinajstić information content (AvgIpc) is 3.40. The van der Waals surface area contributed by atoms with Gasteiger partial charge in [-0.2, -0.15) is 0 Å². The molecule has 1 aliphatic carbocycles. The molecule has 0 radical (unpaired) electrons. The van der Waals surface area contributed by atoms with E-state index in [2.05, 4.69) is 6.58 Å². The molecule has 1 saturated heterocycles. The Morgan fingerprint density at radius 1 is 1.02 bits per heavy atom. The molecule has 0 aromatic rings. The molecule has 3 heterocycles. The van der Waals surface area contributed by atoms with Crippen LogP contribution in [0.25, 0.3) is 0 Å². The standard InChI is InChI=1S/C33H50O15/c1-6-9-10-43-24(42-8-3)12-18-17(7-2)32(48-33-28(37)27(36)26(35)23(13-34)47-33)45-15-20(18)30(39)46-22-11-19-21(29(38)41-5)14-44-31(40)25(19)16(22)4/h7,14-19,22-28,31-37,40H,2,6,8-13H2,1,3-5H3/t16-,17+,18-,19+,22-,23+,24?,25+,26+,27-,28+,31+,32-,33-/m0/s1. The first-order valence-corrected chi connectivity index (χ1v) is 16.5. The zero-order chi connectivity index (χ0) is 35.1. The molecule has 48 heavy (non-hydrogen) atoms. The summed E-state index contributed by atoms with van der Waals surface area (Å²) < 4.78 is 45.5. The lowest BCUT2D eigenvalue weighted by Crippen LogP contribution is -2.60. The van der Waals surface area contributed by atoms with Crippen molar-refractivity contribution in [1.82, 2.24) is 0 Å². The summed E-state index contributed by atoms with van der Waals surface area (Å²) in [6.45, 7) is 9.69. The predicted octanol–water partition coefficient (Wildman–Crippen LogP) is 0.620. The van der Waals surface area contributed by atoms with Crippen LogP contribution in [0, 0.1) is 29.6 Å². The van der Waals surface area contributed by atoms with Crippen LogP contribution in [-0.2, 0) is 47.5 Å². The van der Waals surface area contributed by atoms with Crippen molar-refractivity contribution in [2.45, 2.75) is 102 Å². The highest BCUT2D eigenvalue weighted by Crippen LogP contribution is 2.48. The molecule has 0 aromatic heterocycles. The third-order valence-corrected chi connectivity index (χ3v) is 9.62. The monoisotopic (exact) mass is 686 g/mol. The molecular weight excluding hydrogens is 636 g/mol. The van der Waals surface area contributed by atoms with Crippen molar-refractivity contribution in [1.29, 1.82) is 0 Å². The molecule has 0 spiro atoms. The molecule has 5 N–H and O–H groups in total. The van der Waals surface area contributed by atoms with Gasteiger partial charge in [0.2, 0.25) is 6.29 Å². The summed E-state index contributed by atoms with van der Waals surface area (Å²) in [5.41, 5.74) is 0.375. The maximum atomic E-state index is 14.0. The number of aliphatic hydroxyl groups is 5. The first kappa shape index (κ1) is 38.2. The molecule has 14 atom stereocenters. The van der Waals surface area contributed by atoms with E-state index in [0.717, 1.165) is 12.8 Å². The molecular formula is C33H50O15. The summed E-state index contributed by atoms with van der Waals surface area (Å²) >= 11 is 0. The first-order chi connectivity index (χ1) is 23.0. The second-order valence-electron chi connectivity index (χ2n) is 12.5. The summed E-state index contributed by atoms with van der Waals surface area (Å²) in [5.74, 6) is -4.17. The van der Waals surface area contributed by atoms with Gasteiger partial charge in [-0.05, 0) is 19.8 Å². The Bertz CT molecular complexity index is 1160. The highest BCUT2D eigenvalue weighted by Gasteiger charge is 2.53. The molecule has 2 fully saturated rings. The quantitative estimate of drug-likeness (QED) is 0.0692. The number of hydrogen-bond acceptors (Lipinski definition) is 15. The van der Waals surface area contributed by atoms with Gasteiger partial charge in [0.25, 0.3) is 0 Å². The van der Waals surface area contributed by atoms with Crippen LogP contribution >= 0.6 is 0 Å². The second-order valence-corrected chi connectivity index (χ2v) is 12.5. The zero-order valence-electron chi connectivity index (χ0n) is 27.8. The molecule has 0 aromatic carbocycles. The Labute approximate surface area is 280 Å². The van der Waals surface area contributed by atoms with E-state index in [1.807, 2.05) is 20.8 Å². The Morgan fingerprint density at radius 2 is 1.75 bits per heavy atom. The third kappa shape index (κ3) is 8.22. The maximum Gasteiger partial charge on any atom is 0.337 e. The predicted molar refractivity (Wildman–Crippen MR) is 164 cm³/mol. The van der Waals surface area contributed by atoms with E-state index < -0.39 is 104 Å². The summed E-state index contributed by atoms with van der Waals surface area (Å²) in [6, 6.07) is 0. The number of hydrogen-bond donors (Lipinski definition) is 5. The van der Waals surface area contributed by atoms with Gasteiger partial charge >= 0.3 is 11.9 Å². The van der Waals surface area contributed by atoms with Crippen LogP contribution in [0.15, 0.2) is 36.3 Å². The van der Waals surface area contributed by atoms with Crippen LogP contribution in [0.2, 0.25) is 0 Å². The second kappa shape index (κ2) is 17.4. The lowest BCUT2D eigenvalue weighted by Gasteiger charge is -2.43. The summed E-state index contributed by atoms with van der Waals surface area (Å²) in [5, 5.41) is 51.3. The number of carbonyl (C=O) groups is 2. The molecule has 1 unspecified atom stereocenters. The maximum absolute atomic E-state index is 14.0. The van der Waals surface area contributed by atoms with Crippen LogP contribution in [0.5, 0.6) is 0 Å². The van der Waals surface area contributed by atoms with Crippen molar-refractivity contribution in [3.8, 4) is 0 Å². The number of methoxy groups -OCH3 is 1. The number of esters is 2. The topological polar surface area (TPSA) is 209 Å². The lowest BCUT2D eigenvalue weighted by molar-refractivity contribution is -0.339. The summed E-state index contributed by atoms with van der Waals surface area (Å²) in [7, 11) is 1.25. The summed E-state index contributed by atoms with van der Waals surface area (Å²) in [6.07, 6.45) is -5.51. The number of aliphatic hydroxyl groups excluding tert-OH is 5. The molecule has 0 bridgehead atoms. The van der Waals surface area contributed by atoms with E-state index in [0.29, 0.717) is 13.2 Å². The molecule has 0 amide bonds. The van der Waals surface area contributed by atoms with E-state index in [1.54, 1.807) is 0 Å². The van der Waals surface area contributed by atoms with E-state index in [1.165, 1.54) is 25.7 Å². The minimum atomic E-state index is -1.69. The Balaban J connectivity index is 1.59. The average molecular weight is 687 g/mol. The van der Waals surface area contributed by atoms with Gasteiger partial charge in [0.15, 0.2) is 18.9 Å². The van der Waals surface area contributed by atoms with Gasteiger partial charge in [-0.3, -0.25) is 0 Å². The fourth-order valence-electron chi connectivity index (χ4n) is 6.87. The Morgan fingerprint density at radius 3 is 2.40 bits per heavy atom. The van der Waals surface area contributed by atoms with Crippen molar-refractivity contribution < 1.29 is 73.0 Å². The van der Waals surface area contributed by atoms with Crippen LogP contribution in [-0.4, -0.2) is 120 Å². The summed E-state index contributed by atoms with van der Waals surface area (Å²) in [4.78, 5) is 26.4. The van der Waals surface area contributed by atoms with Crippen LogP contribution in [0.3, 0.4) is 0 Å². The number of carbonyl (C=O) groups excluding carboxylic acids is 2. The minimum Gasteiger partial charge on any atom is -0.472 e. The van der Waals surface area contributed by atoms with Crippen LogP contribution < -0.4 is 0 Å². The first-order valence-electron chi connectivity index (χ1n) is 16.5. The van der Waals surface area contributed by atoms with E-state index in [4.69, 9.17) is 37.9 Å². The molecule has 15 heteroatoms. The van der Waals surface area contributed by atoms with Gasteiger partial charge in [-0.1, -0.05) is 26.3 Å². The van der Waals surface area contributed by atoms with Crippen molar-refractivity contribution in [3.05, 3.63) is 36.3 Å². The van der Waals surface area contributed by atoms with Gasteiger partial charge in [-0.15, -0.1) is 6.58 Å². The van der Waals surface area contributed by atoms with E-state index >= 15 is 0 Å². The van der Waals surface area contributed by atoms with Crippen LogP contribution in [0.4, 0.5) is 0 Å². The molecule has 15 nitrogen and oxygen atoms in total. The Kier molecular flexibility index (Phi) is 13.8. The Hall–Kier alpha value is -2.60. The number of unbranched alkanes of at least 4 members (excludes halogenated alkanes) is 1. The molecule has 4 rings (SSSR count). The van der Waals surface area contributed by atoms with Crippen molar-refractivity contribution in [2.75, 3.05) is 26.9 Å². The van der Waals surface area contributed by atoms with Gasteiger partial charge in [-0.25, -0.2) is 9.59 Å². The van der Waals surface area contributed by atoms with Gasteiger partial charge in [0.1, 0.15) is 30.5 Å². The van der Waals surface area contributed by atoms with Crippen molar-refractivity contribution in [2.24, 2.45) is 29.6 Å². The normalized spacial score (nSPS) is 38.4. The number of fused-ring (bicyclic) bond motifs is 1. The van der Waals surface area contributed by atoms with E-state index in [-0.39, 0.29) is 24.0 Å². The highest BCUT2D eigenvalue weighted by molar-refractivity contribution is 5.90. The number of ether oxygens (including phenoxy) is 8. The van der Waals surface area contributed by atoms with Gasteiger partial charge in [0.05, 0.1) is 37.4 Å². The molecule has 3 aliphatic heterocycles.